The minimum absolute atomic E-state index is 0.0245. The highest BCUT2D eigenvalue weighted by Crippen LogP contribution is 2.23. The van der Waals surface area contributed by atoms with Crippen molar-refractivity contribution in [1.82, 2.24) is 14.7 Å². The van der Waals surface area contributed by atoms with Crippen LogP contribution in [-0.2, 0) is 9.53 Å². The van der Waals surface area contributed by atoms with E-state index in [1.165, 1.54) is 15.6 Å². The molecule has 0 unspecified atom stereocenters. The van der Waals surface area contributed by atoms with Gasteiger partial charge in [0.25, 0.3) is 5.91 Å². The second kappa shape index (κ2) is 6.83. The SMILES string of the molecule is Cc1nn(-c2ccc(F)cc2F)c(C)c1C(=O)N1CCO[C@@H](C(=O)O)C1. The van der Waals surface area contributed by atoms with E-state index in [0.717, 1.165) is 12.1 Å². The molecule has 3 rings (SSSR count). The summed E-state index contributed by atoms with van der Waals surface area (Å²) in [7, 11) is 0. The summed E-state index contributed by atoms with van der Waals surface area (Å²) in [6.45, 7) is 3.49. The molecule has 1 saturated heterocycles. The number of rotatable bonds is 3. The first-order valence-electron chi connectivity index (χ1n) is 7.95. The molecule has 138 valence electrons. The van der Waals surface area contributed by atoms with Crippen molar-refractivity contribution in [3.8, 4) is 5.69 Å². The van der Waals surface area contributed by atoms with Crippen LogP contribution in [-0.4, -0.2) is 57.5 Å². The van der Waals surface area contributed by atoms with Gasteiger partial charge in [0.2, 0.25) is 0 Å². The zero-order valence-corrected chi connectivity index (χ0v) is 14.2. The van der Waals surface area contributed by atoms with E-state index >= 15 is 0 Å². The van der Waals surface area contributed by atoms with Crippen LogP contribution in [0.1, 0.15) is 21.7 Å². The zero-order valence-electron chi connectivity index (χ0n) is 14.2. The Balaban J connectivity index is 1.95. The van der Waals surface area contributed by atoms with Gasteiger partial charge in [-0.3, -0.25) is 4.79 Å². The number of aliphatic carboxylic acids is 1. The topological polar surface area (TPSA) is 84.7 Å². The number of carboxylic acids is 1. The van der Waals surface area contributed by atoms with E-state index in [-0.39, 0.29) is 30.9 Å². The summed E-state index contributed by atoms with van der Waals surface area (Å²) in [4.78, 5) is 25.3. The summed E-state index contributed by atoms with van der Waals surface area (Å²) in [5.41, 5.74) is 1.04. The number of carbonyl (C=O) groups is 2. The number of morpholine rings is 1. The van der Waals surface area contributed by atoms with Crippen LogP contribution >= 0.6 is 0 Å². The Hall–Kier alpha value is -2.81. The third-order valence-corrected chi connectivity index (χ3v) is 4.27. The number of ether oxygens (including phenoxy) is 1. The van der Waals surface area contributed by atoms with E-state index in [1.807, 2.05) is 0 Å². The molecule has 1 aliphatic rings. The summed E-state index contributed by atoms with van der Waals surface area (Å²) in [5, 5.41) is 13.3. The minimum atomic E-state index is -1.14. The third kappa shape index (κ3) is 3.17. The number of carbonyl (C=O) groups excluding carboxylic acids is 1. The summed E-state index contributed by atoms with van der Waals surface area (Å²) in [5.74, 6) is -3.05. The molecule has 2 aromatic rings. The molecule has 2 heterocycles. The quantitative estimate of drug-likeness (QED) is 0.895. The van der Waals surface area contributed by atoms with Crippen LogP contribution in [0.5, 0.6) is 0 Å². The Labute approximate surface area is 147 Å². The molecule has 0 radical (unpaired) electrons. The molecule has 1 aliphatic heterocycles. The van der Waals surface area contributed by atoms with E-state index in [4.69, 9.17) is 9.84 Å². The van der Waals surface area contributed by atoms with Crippen molar-refractivity contribution in [2.45, 2.75) is 20.0 Å². The van der Waals surface area contributed by atoms with Crippen molar-refractivity contribution in [2.24, 2.45) is 0 Å². The second-order valence-corrected chi connectivity index (χ2v) is 6.00. The van der Waals surface area contributed by atoms with Crippen LogP contribution in [0.25, 0.3) is 5.69 Å². The number of hydrogen-bond acceptors (Lipinski definition) is 4. The van der Waals surface area contributed by atoms with Crippen molar-refractivity contribution in [2.75, 3.05) is 19.7 Å². The first-order chi connectivity index (χ1) is 12.3. The fourth-order valence-corrected chi connectivity index (χ4v) is 2.98. The van der Waals surface area contributed by atoms with Gasteiger partial charge in [0.05, 0.1) is 30.1 Å². The van der Waals surface area contributed by atoms with Crippen molar-refractivity contribution < 1.29 is 28.2 Å². The molecule has 0 bridgehead atoms. The number of benzene rings is 1. The van der Waals surface area contributed by atoms with Gasteiger partial charge >= 0.3 is 5.97 Å². The predicted octanol–water partition coefficient (Wildman–Crippen LogP) is 1.69. The van der Waals surface area contributed by atoms with Gasteiger partial charge in [-0.15, -0.1) is 0 Å². The monoisotopic (exact) mass is 365 g/mol. The lowest BCUT2D eigenvalue weighted by atomic mass is 10.1. The Morgan fingerprint density at radius 2 is 2.04 bits per heavy atom. The maximum Gasteiger partial charge on any atom is 0.334 e. The van der Waals surface area contributed by atoms with Crippen LogP contribution in [0.2, 0.25) is 0 Å². The molecule has 9 heteroatoms. The Morgan fingerprint density at radius 3 is 2.69 bits per heavy atom. The molecule has 1 N–H and O–H groups in total. The molecular formula is C17H17F2N3O4. The first-order valence-corrected chi connectivity index (χ1v) is 7.95. The van der Waals surface area contributed by atoms with Crippen molar-refractivity contribution in [3.05, 3.63) is 46.8 Å². The standard InChI is InChI=1S/C17H17F2N3O4/c1-9-15(16(23)21-5-6-26-14(8-21)17(24)25)10(2)22(20-9)13-4-3-11(18)7-12(13)19/h3-4,7,14H,5-6,8H2,1-2H3,(H,24,25)/t14-/m1/s1. The van der Waals surface area contributed by atoms with Crippen molar-refractivity contribution in [3.63, 3.8) is 0 Å². The lowest BCUT2D eigenvalue weighted by Crippen LogP contribution is -2.48. The first kappa shape index (κ1) is 18.0. The van der Waals surface area contributed by atoms with E-state index < -0.39 is 29.6 Å². The van der Waals surface area contributed by atoms with E-state index in [9.17, 15) is 18.4 Å². The summed E-state index contributed by atoms with van der Waals surface area (Å²) >= 11 is 0. The van der Waals surface area contributed by atoms with Crippen molar-refractivity contribution in [1.29, 1.82) is 0 Å². The number of hydrogen-bond donors (Lipinski definition) is 1. The maximum atomic E-state index is 14.1. The van der Waals surface area contributed by atoms with Gasteiger partial charge < -0.3 is 14.7 Å². The molecular weight excluding hydrogens is 348 g/mol. The smallest absolute Gasteiger partial charge is 0.334 e. The van der Waals surface area contributed by atoms with Gasteiger partial charge in [-0.05, 0) is 26.0 Å². The van der Waals surface area contributed by atoms with E-state index in [2.05, 4.69) is 5.10 Å². The zero-order chi connectivity index (χ0) is 19.0. The number of aryl methyl sites for hydroxylation is 1. The fourth-order valence-electron chi connectivity index (χ4n) is 2.98. The summed E-state index contributed by atoms with van der Waals surface area (Å²) < 4.78 is 33.6. The number of halogens is 2. The average molecular weight is 365 g/mol. The summed E-state index contributed by atoms with van der Waals surface area (Å²) in [6, 6.07) is 3.09. The van der Waals surface area contributed by atoms with Crippen LogP contribution in [0.15, 0.2) is 18.2 Å². The van der Waals surface area contributed by atoms with Gasteiger partial charge in [0.1, 0.15) is 11.5 Å². The predicted molar refractivity (Wildman–Crippen MR) is 86.2 cm³/mol. The van der Waals surface area contributed by atoms with Crippen LogP contribution in [0.3, 0.4) is 0 Å². The van der Waals surface area contributed by atoms with Crippen LogP contribution in [0.4, 0.5) is 8.78 Å². The molecule has 1 atom stereocenters. The third-order valence-electron chi connectivity index (χ3n) is 4.27. The van der Waals surface area contributed by atoms with Gasteiger partial charge in [-0.2, -0.15) is 5.10 Å². The molecule has 1 fully saturated rings. The molecule has 7 nitrogen and oxygen atoms in total. The minimum Gasteiger partial charge on any atom is -0.479 e. The van der Waals surface area contributed by atoms with Crippen LogP contribution in [0, 0.1) is 25.5 Å². The van der Waals surface area contributed by atoms with Gasteiger partial charge in [0.15, 0.2) is 11.9 Å². The summed E-state index contributed by atoms with van der Waals surface area (Å²) in [6.07, 6.45) is -1.09. The Morgan fingerprint density at radius 1 is 1.31 bits per heavy atom. The van der Waals surface area contributed by atoms with Gasteiger partial charge in [0, 0.05) is 12.6 Å². The lowest BCUT2D eigenvalue weighted by molar-refractivity contribution is -0.154. The Kier molecular flexibility index (Phi) is 4.73. The molecule has 26 heavy (non-hydrogen) atoms. The number of aromatic nitrogens is 2. The molecule has 0 aliphatic carbocycles. The average Bonchev–Trinajstić information content (AvgIpc) is 2.88. The lowest BCUT2D eigenvalue weighted by Gasteiger charge is -2.31. The highest BCUT2D eigenvalue weighted by atomic mass is 19.1. The van der Waals surface area contributed by atoms with Crippen molar-refractivity contribution >= 4 is 11.9 Å². The molecule has 0 spiro atoms. The fraction of sp³-hybridized carbons (Fsp3) is 0.353. The van der Waals surface area contributed by atoms with Crippen LogP contribution < -0.4 is 0 Å². The maximum absolute atomic E-state index is 14.1. The molecule has 1 aromatic carbocycles. The van der Waals surface area contributed by atoms with Gasteiger partial charge in [-0.1, -0.05) is 0 Å². The number of nitrogens with zero attached hydrogens (tertiary/aromatic N) is 3. The Bertz CT molecular complexity index is 881. The number of amides is 1. The van der Waals surface area contributed by atoms with E-state index in [0.29, 0.717) is 11.4 Å². The largest absolute Gasteiger partial charge is 0.479 e. The molecule has 1 amide bonds. The molecule has 0 saturated carbocycles. The van der Waals surface area contributed by atoms with Gasteiger partial charge in [-0.25, -0.2) is 18.3 Å². The number of carboxylic acid groups (broad SMARTS) is 1. The highest BCUT2D eigenvalue weighted by molar-refractivity contribution is 5.97. The normalized spacial score (nSPS) is 17.4. The highest BCUT2D eigenvalue weighted by Gasteiger charge is 2.32. The molecule has 1 aromatic heterocycles. The van der Waals surface area contributed by atoms with E-state index in [1.54, 1.807) is 13.8 Å². The second-order valence-electron chi connectivity index (χ2n) is 6.00.